The van der Waals surface area contributed by atoms with Crippen LogP contribution in [0.4, 0.5) is 10.1 Å². The number of amides is 1. The molecule has 4 rings (SSSR count). The smallest absolute Gasteiger partial charge is 0.261 e. The molecule has 154 valence electrons. The van der Waals surface area contributed by atoms with E-state index in [1.807, 2.05) is 12.1 Å². The second-order valence-electron chi connectivity index (χ2n) is 7.40. The molecule has 1 amide bonds. The Morgan fingerprint density at radius 3 is 2.62 bits per heavy atom. The minimum atomic E-state index is -3.99. The van der Waals surface area contributed by atoms with Gasteiger partial charge in [0.1, 0.15) is 5.82 Å². The number of anilines is 1. The van der Waals surface area contributed by atoms with E-state index in [1.54, 1.807) is 12.1 Å². The van der Waals surface area contributed by atoms with Gasteiger partial charge in [0.2, 0.25) is 0 Å². The minimum absolute atomic E-state index is 0.00478. The number of benzene rings is 2. The van der Waals surface area contributed by atoms with E-state index in [9.17, 15) is 26.0 Å². The fourth-order valence-electron chi connectivity index (χ4n) is 3.93. The van der Waals surface area contributed by atoms with Crippen molar-refractivity contribution in [1.29, 1.82) is 0 Å². The molecule has 1 saturated heterocycles. The Bertz CT molecular complexity index is 1190. The van der Waals surface area contributed by atoms with Crippen LogP contribution in [0.5, 0.6) is 0 Å². The van der Waals surface area contributed by atoms with Crippen molar-refractivity contribution in [2.75, 3.05) is 23.0 Å². The molecule has 0 radical (unpaired) electrons. The number of nitrogens with zero attached hydrogens (tertiary/aromatic N) is 1. The van der Waals surface area contributed by atoms with Gasteiger partial charge in [0.15, 0.2) is 19.7 Å². The predicted octanol–water partition coefficient (Wildman–Crippen LogP) is 2.38. The van der Waals surface area contributed by atoms with E-state index in [0.29, 0.717) is 12.2 Å². The molecule has 0 aliphatic carbocycles. The van der Waals surface area contributed by atoms with Crippen molar-refractivity contribution in [3.05, 3.63) is 59.4 Å². The Morgan fingerprint density at radius 1 is 1.14 bits per heavy atom. The maximum atomic E-state index is 14.5. The quantitative estimate of drug-likeness (QED) is 0.688. The summed E-state index contributed by atoms with van der Waals surface area (Å²) in [6.07, 6.45) is 1.54. The summed E-state index contributed by atoms with van der Waals surface area (Å²) in [5.74, 6) is -2.05. The third-order valence-corrected chi connectivity index (χ3v) is 9.65. The third kappa shape index (κ3) is 3.69. The number of para-hydroxylation sites is 1. The minimum Gasteiger partial charge on any atom is -0.308 e. The molecule has 1 fully saturated rings. The van der Waals surface area contributed by atoms with Crippen molar-refractivity contribution in [3.8, 4) is 0 Å². The molecule has 29 heavy (non-hydrogen) atoms. The van der Waals surface area contributed by atoms with Crippen LogP contribution in [0.15, 0.2) is 47.4 Å². The van der Waals surface area contributed by atoms with Crippen molar-refractivity contribution in [1.82, 2.24) is 0 Å². The standard InChI is InChI=1S/C20H20FNO5S2/c21-18-8-7-15(29(26,27)16-9-11-28(24,25)13-16)12-17(18)20(23)22-10-3-5-14-4-1-2-6-19(14)22/h1-2,4,6-8,12,16H,3,5,9-11,13H2/t16-/m0/s1. The fourth-order valence-corrected chi connectivity index (χ4v) is 8.32. The molecule has 2 heterocycles. The van der Waals surface area contributed by atoms with Gasteiger partial charge in [0.25, 0.3) is 5.91 Å². The number of rotatable bonds is 3. The summed E-state index contributed by atoms with van der Waals surface area (Å²) >= 11 is 0. The third-order valence-electron chi connectivity index (χ3n) is 5.48. The van der Waals surface area contributed by atoms with E-state index < -0.39 is 42.4 Å². The zero-order valence-electron chi connectivity index (χ0n) is 15.5. The van der Waals surface area contributed by atoms with Crippen LogP contribution in [0.3, 0.4) is 0 Å². The number of sulfone groups is 2. The van der Waals surface area contributed by atoms with Crippen LogP contribution in [0.2, 0.25) is 0 Å². The summed E-state index contributed by atoms with van der Waals surface area (Å²) in [6.45, 7) is 0.410. The van der Waals surface area contributed by atoms with Crippen LogP contribution >= 0.6 is 0 Å². The van der Waals surface area contributed by atoms with Gasteiger partial charge in [-0.2, -0.15) is 0 Å². The molecule has 0 N–H and O–H groups in total. The van der Waals surface area contributed by atoms with Gasteiger partial charge in [-0.15, -0.1) is 0 Å². The summed E-state index contributed by atoms with van der Waals surface area (Å²) < 4.78 is 63.6. The van der Waals surface area contributed by atoms with E-state index >= 15 is 0 Å². The maximum Gasteiger partial charge on any atom is 0.261 e. The molecule has 0 spiro atoms. The highest BCUT2D eigenvalue weighted by Crippen LogP contribution is 2.30. The zero-order chi connectivity index (χ0) is 20.8. The largest absolute Gasteiger partial charge is 0.308 e. The van der Waals surface area contributed by atoms with Crippen LogP contribution in [0, 0.1) is 5.82 Å². The van der Waals surface area contributed by atoms with E-state index in [2.05, 4.69) is 0 Å². The summed E-state index contributed by atoms with van der Waals surface area (Å²) in [5.41, 5.74) is 1.34. The normalized spacial score (nSPS) is 21.0. The number of hydrogen-bond acceptors (Lipinski definition) is 5. The Hall–Kier alpha value is -2.26. The average Bonchev–Trinajstić information content (AvgIpc) is 3.08. The second-order valence-corrected chi connectivity index (χ2v) is 11.9. The molecule has 2 aromatic rings. The highest BCUT2D eigenvalue weighted by Gasteiger charge is 2.38. The van der Waals surface area contributed by atoms with Gasteiger partial charge in [0, 0.05) is 12.2 Å². The van der Waals surface area contributed by atoms with Gasteiger partial charge < -0.3 is 4.90 Å². The Kier molecular flexibility index (Phi) is 4.98. The van der Waals surface area contributed by atoms with E-state index in [1.165, 1.54) is 4.90 Å². The number of hydrogen-bond donors (Lipinski definition) is 0. The van der Waals surface area contributed by atoms with Gasteiger partial charge >= 0.3 is 0 Å². The van der Waals surface area contributed by atoms with Crippen molar-refractivity contribution >= 4 is 31.3 Å². The number of halogens is 1. The van der Waals surface area contributed by atoms with Gasteiger partial charge in [-0.3, -0.25) is 4.79 Å². The van der Waals surface area contributed by atoms with Gasteiger partial charge in [0.05, 0.1) is 27.2 Å². The molecule has 2 aliphatic rings. The number of fused-ring (bicyclic) bond motifs is 1. The first-order valence-electron chi connectivity index (χ1n) is 9.33. The summed E-state index contributed by atoms with van der Waals surface area (Å²) in [7, 11) is -7.39. The Balaban J connectivity index is 1.71. The molecule has 0 aromatic heterocycles. The molecule has 0 unspecified atom stereocenters. The fraction of sp³-hybridized carbons (Fsp3) is 0.350. The van der Waals surface area contributed by atoms with Crippen LogP contribution in [-0.2, 0) is 26.1 Å². The summed E-state index contributed by atoms with van der Waals surface area (Å²) in [4.78, 5) is 14.3. The number of carbonyl (C=O) groups excluding carboxylic acids is 1. The molecule has 2 aromatic carbocycles. The van der Waals surface area contributed by atoms with E-state index in [-0.39, 0.29) is 22.6 Å². The predicted molar refractivity (Wildman–Crippen MR) is 107 cm³/mol. The Morgan fingerprint density at radius 2 is 1.90 bits per heavy atom. The van der Waals surface area contributed by atoms with E-state index in [0.717, 1.165) is 36.6 Å². The molecule has 2 aliphatic heterocycles. The first-order chi connectivity index (χ1) is 13.7. The van der Waals surface area contributed by atoms with Crippen molar-refractivity contribution in [2.24, 2.45) is 0 Å². The SMILES string of the molecule is O=C(c1cc(S(=O)(=O)[C@H]2CCS(=O)(=O)C2)ccc1F)N1CCCc2ccccc21. The number of carbonyl (C=O) groups is 1. The lowest BCUT2D eigenvalue weighted by molar-refractivity contribution is 0.0981. The van der Waals surface area contributed by atoms with E-state index in [4.69, 9.17) is 0 Å². The lowest BCUT2D eigenvalue weighted by Gasteiger charge is -2.29. The number of aryl methyl sites for hydroxylation is 1. The summed E-state index contributed by atoms with van der Waals surface area (Å²) in [6, 6.07) is 10.4. The average molecular weight is 438 g/mol. The zero-order valence-corrected chi connectivity index (χ0v) is 17.2. The topological polar surface area (TPSA) is 88.6 Å². The van der Waals surface area contributed by atoms with Gasteiger partial charge in [-0.25, -0.2) is 21.2 Å². The van der Waals surface area contributed by atoms with Crippen LogP contribution in [0.1, 0.15) is 28.8 Å². The van der Waals surface area contributed by atoms with Crippen LogP contribution in [-0.4, -0.2) is 46.0 Å². The maximum absolute atomic E-state index is 14.5. The molecule has 0 bridgehead atoms. The van der Waals surface area contributed by atoms with Crippen LogP contribution < -0.4 is 4.90 Å². The first-order valence-corrected chi connectivity index (χ1v) is 12.7. The highest BCUT2D eigenvalue weighted by atomic mass is 32.2. The molecule has 0 saturated carbocycles. The molecule has 9 heteroatoms. The lowest BCUT2D eigenvalue weighted by atomic mass is 10.0. The highest BCUT2D eigenvalue weighted by molar-refractivity contribution is 7.96. The van der Waals surface area contributed by atoms with Crippen molar-refractivity contribution in [3.63, 3.8) is 0 Å². The monoisotopic (exact) mass is 437 g/mol. The Labute approximate surface area is 169 Å². The molecule has 6 nitrogen and oxygen atoms in total. The van der Waals surface area contributed by atoms with Crippen LogP contribution in [0.25, 0.3) is 0 Å². The first kappa shape index (κ1) is 20.0. The van der Waals surface area contributed by atoms with Gasteiger partial charge in [-0.1, -0.05) is 18.2 Å². The summed E-state index contributed by atoms with van der Waals surface area (Å²) in [5, 5.41) is -1.07. The van der Waals surface area contributed by atoms with Gasteiger partial charge in [-0.05, 0) is 49.1 Å². The molecular formula is C20H20FNO5S2. The van der Waals surface area contributed by atoms with Crippen molar-refractivity contribution < 1.29 is 26.0 Å². The lowest BCUT2D eigenvalue weighted by Crippen LogP contribution is -2.36. The molecule has 1 atom stereocenters. The molecular weight excluding hydrogens is 417 g/mol. The second kappa shape index (κ2) is 7.21. The van der Waals surface area contributed by atoms with Crippen molar-refractivity contribution in [2.45, 2.75) is 29.4 Å².